The largest absolute Gasteiger partial charge is 0.456 e. The second-order valence-electron chi connectivity index (χ2n) is 8.85. The van der Waals surface area contributed by atoms with Crippen molar-refractivity contribution in [3.05, 3.63) is 95.6 Å². The van der Waals surface area contributed by atoms with Crippen molar-refractivity contribution in [1.82, 2.24) is 9.80 Å². The van der Waals surface area contributed by atoms with Gasteiger partial charge in [0.15, 0.2) is 0 Å². The number of furan rings is 1. The summed E-state index contributed by atoms with van der Waals surface area (Å²) in [6.45, 7) is 1.23. The Bertz CT molecular complexity index is 1330. The molecule has 1 fully saturated rings. The standard InChI is InChI=1S/C28H24N2O3/c31-27-16-24-23-14-22(26-15-21-8-4-5-9-25(21)33-26)11-10-20(23)12-13-30(24)28(32)18-29(27)17-19-6-2-1-3-7-19/h1-11,14-15,24H,12-13,16-18H2. The first-order chi connectivity index (χ1) is 16.2. The number of fused-ring (bicyclic) bond motifs is 4. The minimum Gasteiger partial charge on any atom is -0.456 e. The van der Waals surface area contributed by atoms with Gasteiger partial charge in [-0.15, -0.1) is 0 Å². The predicted molar refractivity (Wildman–Crippen MR) is 126 cm³/mol. The molecule has 3 heterocycles. The van der Waals surface area contributed by atoms with Crippen molar-refractivity contribution in [3.63, 3.8) is 0 Å². The molecule has 0 bridgehead atoms. The molecule has 1 atom stereocenters. The van der Waals surface area contributed by atoms with Crippen molar-refractivity contribution in [2.45, 2.75) is 25.4 Å². The van der Waals surface area contributed by atoms with Crippen LogP contribution in [0, 0.1) is 0 Å². The molecule has 3 aromatic carbocycles. The molecule has 2 aliphatic heterocycles. The summed E-state index contributed by atoms with van der Waals surface area (Å²) in [6.07, 6.45) is 1.10. The number of hydrogen-bond acceptors (Lipinski definition) is 3. The highest BCUT2D eigenvalue weighted by atomic mass is 16.3. The van der Waals surface area contributed by atoms with Crippen LogP contribution in [-0.4, -0.2) is 34.7 Å². The van der Waals surface area contributed by atoms with Gasteiger partial charge in [-0.25, -0.2) is 0 Å². The first-order valence-electron chi connectivity index (χ1n) is 11.4. The van der Waals surface area contributed by atoms with Gasteiger partial charge in [-0.3, -0.25) is 9.59 Å². The lowest BCUT2D eigenvalue weighted by molar-refractivity contribution is -0.137. The van der Waals surface area contributed by atoms with Crippen LogP contribution >= 0.6 is 0 Å². The van der Waals surface area contributed by atoms with Crippen molar-refractivity contribution in [2.24, 2.45) is 0 Å². The molecule has 1 saturated heterocycles. The second kappa shape index (κ2) is 7.93. The molecule has 0 aliphatic carbocycles. The van der Waals surface area contributed by atoms with Crippen LogP contribution in [0.3, 0.4) is 0 Å². The molecule has 4 aromatic rings. The molecule has 0 N–H and O–H groups in total. The zero-order chi connectivity index (χ0) is 22.4. The monoisotopic (exact) mass is 436 g/mol. The molecule has 5 heteroatoms. The van der Waals surface area contributed by atoms with Crippen LogP contribution in [0.2, 0.25) is 0 Å². The molecule has 33 heavy (non-hydrogen) atoms. The summed E-state index contributed by atoms with van der Waals surface area (Å²) in [4.78, 5) is 30.0. The molecule has 0 spiro atoms. The lowest BCUT2D eigenvalue weighted by Crippen LogP contribution is -2.41. The van der Waals surface area contributed by atoms with Gasteiger partial charge in [-0.1, -0.05) is 60.7 Å². The first-order valence-corrected chi connectivity index (χ1v) is 11.4. The van der Waals surface area contributed by atoms with Crippen molar-refractivity contribution in [3.8, 4) is 11.3 Å². The van der Waals surface area contributed by atoms with E-state index >= 15 is 0 Å². The van der Waals surface area contributed by atoms with E-state index in [2.05, 4.69) is 18.2 Å². The topological polar surface area (TPSA) is 53.8 Å². The molecule has 2 aliphatic rings. The van der Waals surface area contributed by atoms with E-state index in [4.69, 9.17) is 4.42 Å². The highest BCUT2D eigenvalue weighted by Gasteiger charge is 2.37. The Balaban J connectivity index is 1.34. The number of nitrogens with zero attached hydrogens (tertiary/aromatic N) is 2. The lowest BCUT2D eigenvalue weighted by atomic mass is 9.89. The zero-order valence-corrected chi connectivity index (χ0v) is 18.2. The Kier molecular flexibility index (Phi) is 4.75. The van der Waals surface area contributed by atoms with Crippen LogP contribution in [-0.2, 0) is 22.6 Å². The van der Waals surface area contributed by atoms with E-state index in [1.54, 1.807) is 4.90 Å². The van der Waals surface area contributed by atoms with E-state index in [0.717, 1.165) is 39.8 Å². The Morgan fingerprint density at radius 1 is 0.879 bits per heavy atom. The Morgan fingerprint density at radius 3 is 2.55 bits per heavy atom. The van der Waals surface area contributed by atoms with Gasteiger partial charge in [0.05, 0.1) is 12.5 Å². The molecule has 164 valence electrons. The molecule has 2 amide bonds. The van der Waals surface area contributed by atoms with Crippen LogP contribution < -0.4 is 0 Å². The summed E-state index contributed by atoms with van der Waals surface area (Å²) < 4.78 is 6.08. The van der Waals surface area contributed by atoms with E-state index in [9.17, 15) is 9.59 Å². The second-order valence-corrected chi connectivity index (χ2v) is 8.85. The van der Waals surface area contributed by atoms with E-state index in [-0.39, 0.29) is 24.4 Å². The number of para-hydroxylation sites is 1. The summed E-state index contributed by atoms with van der Waals surface area (Å²) in [5, 5.41) is 1.06. The normalized spacial score (nSPS) is 18.2. The Morgan fingerprint density at radius 2 is 1.70 bits per heavy atom. The zero-order valence-electron chi connectivity index (χ0n) is 18.2. The molecule has 5 nitrogen and oxygen atoms in total. The molecular formula is C28H24N2O3. The molecule has 0 saturated carbocycles. The number of carbonyl (C=O) groups excluding carboxylic acids is 2. The van der Waals surface area contributed by atoms with E-state index < -0.39 is 0 Å². The lowest BCUT2D eigenvalue weighted by Gasteiger charge is -2.35. The predicted octanol–water partition coefficient (Wildman–Crippen LogP) is 4.96. The fourth-order valence-corrected chi connectivity index (χ4v) is 5.08. The first kappa shape index (κ1) is 19.8. The summed E-state index contributed by atoms with van der Waals surface area (Å²) >= 11 is 0. The molecule has 1 aromatic heterocycles. The van der Waals surface area contributed by atoms with Gasteiger partial charge in [-0.2, -0.15) is 0 Å². The van der Waals surface area contributed by atoms with Crippen molar-refractivity contribution < 1.29 is 14.0 Å². The molecular weight excluding hydrogens is 412 g/mol. The fourth-order valence-electron chi connectivity index (χ4n) is 5.08. The van der Waals surface area contributed by atoms with Gasteiger partial charge in [0.2, 0.25) is 11.8 Å². The van der Waals surface area contributed by atoms with Crippen molar-refractivity contribution >= 4 is 22.8 Å². The minimum atomic E-state index is -0.237. The maximum atomic E-state index is 13.2. The Hall–Kier alpha value is -3.86. The Labute approximate surface area is 192 Å². The van der Waals surface area contributed by atoms with Gasteiger partial charge in [0, 0.05) is 24.0 Å². The number of amides is 2. The van der Waals surface area contributed by atoms with Gasteiger partial charge in [0.25, 0.3) is 0 Å². The molecule has 6 rings (SSSR count). The fraction of sp³-hybridized carbons (Fsp3) is 0.214. The summed E-state index contributed by atoms with van der Waals surface area (Å²) in [5.74, 6) is 0.830. The van der Waals surface area contributed by atoms with E-state index in [0.29, 0.717) is 19.5 Å². The van der Waals surface area contributed by atoms with Crippen LogP contribution in [0.25, 0.3) is 22.3 Å². The van der Waals surface area contributed by atoms with Crippen LogP contribution in [0.15, 0.2) is 83.3 Å². The van der Waals surface area contributed by atoms with Crippen LogP contribution in [0.1, 0.15) is 29.2 Å². The number of rotatable bonds is 3. The molecule has 1 unspecified atom stereocenters. The highest BCUT2D eigenvalue weighted by Crippen LogP contribution is 2.38. The summed E-state index contributed by atoms with van der Waals surface area (Å²) in [5.41, 5.74) is 5.11. The third kappa shape index (κ3) is 3.59. The third-order valence-corrected chi connectivity index (χ3v) is 6.80. The summed E-state index contributed by atoms with van der Waals surface area (Å²) in [6, 6.07) is 25.9. The van der Waals surface area contributed by atoms with Gasteiger partial charge >= 0.3 is 0 Å². The maximum Gasteiger partial charge on any atom is 0.242 e. The summed E-state index contributed by atoms with van der Waals surface area (Å²) in [7, 11) is 0. The smallest absolute Gasteiger partial charge is 0.242 e. The number of hydrogen-bond donors (Lipinski definition) is 0. The number of carbonyl (C=O) groups is 2. The maximum absolute atomic E-state index is 13.2. The van der Waals surface area contributed by atoms with Crippen molar-refractivity contribution in [2.75, 3.05) is 13.1 Å². The van der Waals surface area contributed by atoms with Crippen LogP contribution in [0.4, 0.5) is 0 Å². The van der Waals surface area contributed by atoms with Gasteiger partial charge < -0.3 is 14.2 Å². The quantitative estimate of drug-likeness (QED) is 0.456. The van der Waals surface area contributed by atoms with E-state index in [1.807, 2.05) is 65.6 Å². The molecule has 0 radical (unpaired) electrons. The van der Waals surface area contributed by atoms with Crippen molar-refractivity contribution in [1.29, 1.82) is 0 Å². The average Bonchev–Trinajstić information content (AvgIpc) is 3.23. The third-order valence-electron chi connectivity index (χ3n) is 6.80. The SMILES string of the molecule is O=C1CC2c3cc(-c4cc5ccccc5o4)ccc3CCN2C(=O)CN1Cc1ccccc1. The highest BCUT2D eigenvalue weighted by molar-refractivity contribution is 5.89. The van der Waals surface area contributed by atoms with Gasteiger partial charge in [0.1, 0.15) is 17.9 Å². The minimum absolute atomic E-state index is 0.0153. The average molecular weight is 437 g/mol. The van der Waals surface area contributed by atoms with Gasteiger partial charge in [-0.05, 0) is 41.3 Å². The van der Waals surface area contributed by atoms with Crippen LogP contribution in [0.5, 0.6) is 0 Å². The number of benzene rings is 3. The van der Waals surface area contributed by atoms with E-state index in [1.165, 1.54) is 5.56 Å².